The van der Waals surface area contributed by atoms with E-state index < -0.39 is 17.5 Å². The lowest BCUT2D eigenvalue weighted by Gasteiger charge is -2.38. The molecule has 2 aromatic rings. The van der Waals surface area contributed by atoms with E-state index in [1.54, 1.807) is 17.0 Å². The maximum atomic E-state index is 11.8. The van der Waals surface area contributed by atoms with Crippen LogP contribution in [0, 0.1) is 0 Å². The van der Waals surface area contributed by atoms with Crippen LogP contribution in [0.3, 0.4) is 0 Å². The second-order valence-electron chi connectivity index (χ2n) is 7.81. The van der Waals surface area contributed by atoms with Crippen LogP contribution in [0.15, 0.2) is 42.5 Å². The molecule has 5 heteroatoms. The number of amides is 2. The molecule has 1 unspecified atom stereocenters. The summed E-state index contributed by atoms with van der Waals surface area (Å²) in [5.74, 6) is -0.449. The molecule has 3 rings (SSSR count). The molecule has 5 nitrogen and oxygen atoms in total. The molecular weight excluding hydrogens is 328 g/mol. The van der Waals surface area contributed by atoms with E-state index in [0.717, 1.165) is 23.1 Å². The first-order valence-electron chi connectivity index (χ1n) is 8.71. The molecular formula is C21H24N2O3. The number of carbonyl (C=O) groups excluding carboxylic acids is 1. The van der Waals surface area contributed by atoms with Gasteiger partial charge >= 0.3 is 6.09 Å². The highest BCUT2D eigenvalue weighted by atomic mass is 16.4. The van der Waals surface area contributed by atoms with Gasteiger partial charge in [-0.15, -0.1) is 0 Å². The van der Waals surface area contributed by atoms with Crippen molar-refractivity contribution in [1.82, 2.24) is 4.90 Å². The fourth-order valence-electron chi connectivity index (χ4n) is 3.80. The van der Waals surface area contributed by atoms with Crippen LogP contribution in [0.1, 0.15) is 42.3 Å². The van der Waals surface area contributed by atoms with Gasteiger partial charge in [0.1, 0.15) is 0 Å². The van der Waals surface area contributed by atoms with Crippen LogP contribution in [-0.2, 0) is 12.8 Å². The standard InChI is InChI=1S/C21H24N2O3/c1-21(2,3)23(20(25)26)18-11-15-8-7-14(10-17(15)12-18)13-5-4-6-16(9-13)19(22)24/h4-10,18H,11-12H2,1-3H3,(H2,22,24)(H,25,26). The van der Waals surface area contributed by atoms with Crippen LogP contribution in [-0.4, -0.2) is 33.6 Å². The molecule has 0 aliphatic heterocycles. The molecule has 0 heterocycles. The van der Waals surface area contributed by atoms with Gasteiger partial charge in [-0.1, -0.05) is 30.3 Å². The Bertz CT molecular complexity index is 868. The number of rotatable bonds is 3. The first-order valence-corrected chi connectivity index (χ1v) is 8.71. The minimum absolute atomic E-state index is 0.0605. The van der Waals surface area contributed by atoms with Crippen molar-refractivity contribution in [3.63, 3.8) is 0 Å². The predicted octanol–water partition coefficient (Wildman–Crippen LogP) is 3.70. The molecule has 0 bridgehead atoms. The van der Waals surface area contributed by atoms with E-state index in [1.807, 2.05) is 39.0 Å². The number of carbonyl (C=O) groups is 2. The summed E-state index contributed by atoms with van der Waals surface area (Å²) >= 11 is 0. The molecule has 3 N–H and O–H groups in total. The van der Waals surface area contributed by atoms with Crippen LogP contribution in [0.4, 0.5) is 4.79 Å². The Morgan fingerprint density at radius 1 is 1.04 bits per heavy atom. The number of fused-ring (bicyclic) bond motifs is 1. The molecule has 1 aliphatic carbocycles. The number of benzene rings is 2. The monoisotopic (exact) mass is 352 g/mol. The van der Waals surface area contributed by atoms with Gasteiger partial charge in [0.15, 0.2) is 0 Å². The third-order valence-electron chi connectivity index (χ3n) is 4.89. The highest BCUT2D eigenvalue weighted by Gasteiger charge is 2.36. The topological polar surface area (TPSA) is 83.6 Å². The number of hydrogen-bond acceptors (Lipinski definition) is 2. The van der Waals surface area contributed by atoms with Crippen LogP contribution < -0.4 is 5.73 Å². The maximum absolute atomic E-state index is 11.8. The fourth-order valence-corrected chi connectivity index (χ4v) is 3.80. The Morgan fingerprint density at radius 2 is 1.69 bits per heavy atom. The number of hydrogen-bond donors (Lipinski definition) is 2. The van der Waals surface area contributed by atoms with Crippen LogP contribution >= 0.6 is 0 Å². The van der Waals surface area contributed by atoms with Crippen molar-refractivity contribution in [3.05, 3.63) is 59.2 Å². The van der Waals surface area contributed by atoms with E-state index in [-0.39, 0.29) is 6.04 Å². The van der Waals surface area contributed by atoms with Crippen molar-refractivity contribution in [3.8, 4) is 11.1 Å². The van der Waals surface area contributed by atoms with Crippen LogP contribution in [0.5, 0.6) is 0 Å². The molecule has 0 aromatic heterocycles. The minimum Gasteiger partial charge on any atom is -0.465 e. The predicted molar refractivity (Wildman–Crippen MR) is 101 cm³/mol. The van der Waals surface area contributed by atoms with E-state index in [2.05, 4.69) is 12.1 Å². The van der Waals surface area contributed by atoms with E-state index in [9.17, 15) is 14.7 Å². The van der Waals surface area contributed by atoms with Crippen molar-refractivity contribution in [1.29, 1.82) is 0 Å². The van der Waals surface area contributed by atoms with Crippen molar-refractivity contribution in [2.24, 2.45) is 5.73 Å². The molecule has 0 fully saturated rings. The second-order valence-corrected chi connectivity index (χ2v) is 7.81. The average Bonchev–Trinajstić information content (AvgIpc) is 2.95. The summed E-state index contributed by atoms with van der Waals surface area (Å²) in [7, 11) is 0. The highest BCUT2D eigenvalue weighted by Crippen LogP contribution is 2.33. The van der Waals surface area contributed by atoms with E-state index in [4.69, 9.17) is 5.73 Å². The van der Waals surface area contributed by atoms with Gasteiger partial charge in [0.25, 0.3) is 0 Å². The molecule has 2 aromatic carbocycles. The van der Waals surface area contributed by atoms with Crippen molar-refractivity contribution in [2.75, 3.05) is 0 Å². The van der Waals surface area contributed by atoms with Crippen LogP contribution in [0.25, 0.3) is 11.1 Å². The lowest BCUT2D eigenvalue weighted by molar-refractivity contribution is 0.0730. The van der Waals surface area contributed by atoms with Gasteiger partial charge in [0.05, 0.1) is 0 Å². The van der Waals surface area contributed by atoms with Gasteiger partial charge in [0.2, 0.25) is 5.91 Å². The lowest BCUT2D eigenvalue weighted by Crippen LogP contribution is -2.51. The van der Waals surface area contributed by atoms with Gasteiger partial charge in [-0.25, -0.2) is 4.79 Å². The smallest absolute Gasteiger partial charge is 0.408 e. The maximum Gasteiger partial charge on any atom is 0.408 e. The summed E-state index contributed by atoms with van der Waals surface area (Å²) in [6, 6.07) is 13.4. The fraction of sp³-hybridized carbons (Fsp3) is 0.333. The zero-order valence-corrected chi connectivity index (χ0v) is 15.3. The summed E-state index contributed by atoms with van der Waals surface area (Å²) in [4.78, 5) is 24.7. The van der Waals surface area contributed by atoms with Crippen molar-refractivity contribution in [2.45, 2.75) is 45.2 Å². The van der Waals surface area contributed by atoms with Gasteiger partial charge in [0, 0.05) is 17.1 Å². The van der Waals surface area contributed by atoms with E-state index in [0.29, 0.717) is 12.0 Å². The Hall–Kier alpha value is -2.82. The Balaban J connectivity index is 1.90. The van der Waals surface area contributed by atoms with Crippen LogP contribution in [0.2, 0.25) is 0 Å². The molecule has 2 amide bonds. The summed E-state index contributed by atoms with van der Waals surface area (Å²) in [5.41, 5.74) is 9.68. The largest absolute Gasteiger partial charge is 0.465 e. The quantitative estimate of drug-likeness (QED) is 0.883. The summed E-state index contributed by atoms with van der Waals surface area (Å²) in [6.45, 7) is 5.76. The Kier molecular flexibility index (Phi) is 4.48. The van der Waals surface area contributed by atoms with Gasteiger partial charge in [-0.2, -0.15) is 0 Å². The third kappa shape index (κ3) is 3.43. The first-order chi connectivity index (χ1) is 12.2. The zero-order chi connectivity index (χ0) is 19.1. The van der Waals surface area contributed by atoms with Gasteiger partial charge in [-0.3, -0.25) is 9.69 Å². The molecule has 0 spiro atoms. The highest BCUT2D eigenvalue weighted by molar-refractivity contribution is 5.94. The molecule has 1 aliphatic rings. The van der Waals surface area contributed by atoms with Gasteiger partial charge in [-0.05, 0) is 68.0 Å². The number of nitrogens with zero attached hydrogens (tertiary/aromatic N) is 1. The molecule has 26 heavy (non-hydrogen) atoms. The minimum atomic E-state index is -0.885. The van der Waals surface area contributed by atoms with Crippen molar-refractivity contribution < 1.29 is 14.7 Å². The molecule has 0 saturated carbocycles. The summed E-state index contributed by atoms with van der Waals surface area (Å²) < 4.78 is 0. The number of primary amides is 1. The van der Waals surface area contributed by atoms with E-state index >= 15 is 0 Å². The Labute approximate surface area is 153 Å². The number of carboxylic acid groups (broad SMARTS) is 1. The van der Waals surface area contributed by atoms with Crippen molar-refractivity contribution >= 4 is 12.0 Å². The van der Waals surface area contributed by atoms with Gasteiger partial charge < -0.3 is 10.8 Å². The zero-order valence-electron chi connectivity index (χ0n) is 15.3. The Morgan fingerprint density at radius 3 is 2.31 bits per heavy atom. The summed E-state index contributed by atoms with van der Waals surface area (Å²) in [6.07, 6.45) is 0.535. The molecule has 0 saturated heterocycles. The number of nitrogens with two attached hydrogens (primary N) is 1. The molecule has 1 atom stereocenters. The summed E-state index contributed by atoms with van der Waals surface area (Å²) in [5, 5.41) is 9.65. The normalized spacial score (nSPS) is 16.2. The molecule has 136 valence electrons. The SMILES string of the molecule is CC(C)(C)N(C(=O)O)C1Cc2ccc(-c3cccc(C(N)=O)c3)cc2C1. The van der Waals surface area contributed by atoms with E-state index in [1.165, 1.54) is 5.56 Å². The lowest BCUT2D eigenvalue weighted by atomic mass is 9.99. The second kappa shape index (κ2) is 6.48. The average molecular weight is 352 g/mol. The first kappa shape index (κ1) is 18.0. The molecule has 0 radical (unpaired) electrons. The third-order valence-corrected chi connectivity index (χ3v) is 4.89.